The predicted octanol–water partition coefficient (Wildman–Crippen LogP) is 26.7. The number of benzene rings is 10. The minimum absolute atomic E-state index is 0. The van der Waals surface area contributed by atoms with Crippen LogP contribution in [0.2, 0.25) is 0 Å². The molecule has 109 heavy (non-hydrogen) atoms. The average Bonchev–Trinajstić information content (AvgIpc) is 1.63. The zero-order valence-electron chi connectivity index (χ0n) is 62.5. The fourth-order valence-corrected chi connectivity index (χ4v) is 13.3. The Morgan fingerprint density at radius 1 is 0.312 bits per heavy atom. The van der Waals surface area contributed by atoms with E-state index in [4.69, 9.17) is 13.8 Å². The molecule has 3 radical (unpaired) electrons. The Bertz CT molecular complexity index is 5680. The van der Waals surface area contributed by atoms with Crippen LogP contribution in [0.25, 0.3) is 134 Å². The molecule has 7 nitrogen and oxygen atoms in total. The van der Waals surface area contributed by atoms with E-state index in [1.807, 2.05) is 146 Å². The molecule has 0 bridgehead atoms. The molecule has 7 heterocycles. The Labute approximate surface area is 683 Å². The van der Waals surface area contributed by atoms with E-state index in [0.717, 1.165) is 106 Å². The molecule has 0 aliphatic heterocycles. The van der Waals surface area contributed by atoms with Crippen LogP contribution in [0, 0.1) is 52.8 Å². The van der Waals surface area contributed by atoms with E-state index < -0.39 is 0 Å². The standard InChI is InChI=1S/C27H22NO.C23H23NO.C20H18N.C17H13N.C11H8N.CH4.3Ir/c1-27(2,3)21-11-8-18(9-12-21)19-14-15-28-24(17-19)20-10-13-26-23(16-20)22-6-4-5-7-25(22)29-26;1-14-9-10-16-17-7-6-8-18(22(17)25-21(16)11-14)20-12-19(23(3,4)5)15(2)13-24-20;1-14-11-15(2)20(16(3)12-14)18-9-10-21-19(13-18)17-7-5-4-6-8-17;1-3-7-14(8-4-1)16-11-12-18-17(13-16)15-9-5-2-6-10-15;1-2-6-10(7-3-1)11-8-4-5-9-12-11;;;;/h4-9,11-17H,1-3H3;6-13H,1-5H3;4-7,9-13H,1-3H3;1-13H;1-6,8-9H;1H4;;;/q-1;;-1;;-1;;;;. The Morgan fingerprint density at radius 3 is 1.48 bits per heavy atom. The predicted molar refractivity (Wildman–Crippen MR) is 444 cm³/mol. The van der Waals surface area contributed by atoms with Crippen molar-refractivity contribution in [2.45, 2.75) is 94.4 Å². The number of nitrogens with zero attached hydrogens (tertiary/aromatic N) is 5. The quantitative estimate of drug-likeness (QED) is 0.140. The van der Waals surface area contributed by atoms with Crippen molar-refractivity contribution < 1.29 is 69.2 Å². The Hall–Kier alpha value is -10.5. The SMILES string of the molecule is C.CC(C)(C)c1ccc(-c2ccnc(-c3[c-]cc4oc5ccccc5c4c3)c2)cc1.Cc1cc(C)c(-c2ccnc(-c3[c-]cccc3)c2)c(C)c1.Cc1ccc2c(c1)oc1c(-c3cc(C(C)(C)C)c(C)cn3)cccc12.[Ir].[Ir].[Ir].[c-]1ccccc1-c1ccccn1.c1ccc(-c2ccnc(-c3ccccc3)c2)cc1. The maximum absolute atomic E-state index is 6.23. The number of hydrogen-bond acceptors (Lipinski definition) is 7. The molecule has 0 aliphatic rings. The van der Waals surface area contributed by atoms with Crippen LogP contribution in [0.3, 0.4) is 0 Å². The molecule has 0 saturated carbocycles. The molecule has 7 aromatic heterocycles. The Balaban J connectivity index is 0.000000159. The van der Waals surface area contributed by atoms with Gasteiger partial charge in [-0.05, 0) is 184 Å². The first-order valence-corrected chi connectivity index (χ1v) is 35.6. The summed E-state index contributed by atoms with van der Waals surface area (Å²) in [7, 11) is 0. The van der Waals surface area contributed by atoms with Crippen molar-refractivity contribution in [1.82, 2.24) is 24.9 Å². The zero-order chi connectivity index (χ0) is 73.0. The van der Waals surface area contributed by atoms with Crippen molar-refractivity contribution in [2.75, 3.05) is 0 Å². The zero-order valence-corrected chi connectivity index (χ0v) is 69.7. The van der Waals surface area contributed by atoms with E-state index in [1.165, 1.54) is 66.8 Å². The average molecular weight is 1960 g/mol. The molecule has 17 aromatic rings. The minimum atomic E-state index is 0. The van der Waals surface area contributed by atoms with Gasteiger partial charge in [-0.1, -0.05) is 224 Å². The first kappa shape index (κ1) is 82.6. The van der Waals surface area contributed by atoms with Crippen molar-refractivity contribution in [3.05, 3.63) is 367 Å². The third-order valence-corrected chi connectivity index (χ3v) is 18.6. The molecule has 0 unspecified atom stereocenters. The second kappa shape index (κ2) is 37.5. The molecule has 10 heteroatoms. The van der Waals surface area contributed by atoms with E-state index in [9.17, 15) is 0 Å². The maximum atomic E-state index is 6.23. The Kier molecular flexibility index (Phi) is 28.4. The number of pyridine rings is 5. The summed E-state index contributed by atoms with van der Waals surface area (Å²) in [6, 6.07) is 105. The molecule has 17 rings (SSSR count). The fourth-order valence-electron chi connectivity index (χ4n) is 13.3. The van der Waals surface area contributed by atoms with E-state index in [1.54, 1.807) is 6.20 Å². The van der Waals surface area contributed by atoms with Crippen LogP contribution in [-0.2, 0) is 71.1 Å². The van der Waals surface area contributed by atoms with Gasteiger partial charge in [0.1, 0.15) is 16.7 Å². The number of furan rings is 2. The summed E-state index contributed by atoms with van der Waals surface area (Å²) in [5.41, 5.74) is 30.2. The van der Waals surface area contributed by atoms with E-state index in [2.05, 4.69) is 272 Å². The summed E-state index contributed by atoms with van der Waals surface area (Å²) in [6.45, 7) is 24.1. The van der Waals surface area contributed by atoms with E-state index >= 15 is 0 Å². The second-order valence-electron chi connectivity index (χ2n) is 28.5. The van der Waals surface area contributed by atoms with Gasteiger partial charge in [0.2, 0.25) is 0 Å². The van der Waals surface area contributed by atoms with E-state index in [-0.39, 0.29) is 78.6 Å². The van der Waals surface area contributed by atoms with Gasteiger partial charge >= 0.3 is 0 Å². The monoisotopic (exact) mass is 1960 g/mol. The number of aryl methyl sites for hydroxylation is 5. The van der Waals surface area contributed by atoms with Crippen molar-refractivity contribution >= 4 is 43.9 Å². The van der Waals surface area contributed by atoms with Crippen LogP contribution in [0.1, 0.15) is 87.9 Å². The number of fused-ring (bicyclic) bond motifs is 6. The van der Waals surface area contributed by atoms with Gasteiger partial charge in [-0.25, -0.2) is 0 Å². The van der Waals surface area contributed by atoms with Gasteiger partial charge in [0, 0.05) is 119 Å². The molecular formula is C99H88Ir3N5O2-3. The molecular weight excluding hydrogens is 1870 g/mol. The van der Waals surface area contributed by atoms with Crippen molar-refractivity contribution in [2.24, 2.45) is 0 Å². The summed E-state index contributed by atoms with van der Waals surface area (Å²) < 4.78 is 12.2. The first-order valence-electron chi connectivity index (χ1n) is 35.6. The topological polar surface area (TPSA) is 90.7 Å². The first-order chi connectivity index (χ1) is 50.9. The van der Waals surface area contributed by atoms with Crippen LogP contribution in [0.5, 0.6) is 0 Å². The number of rotatable bonds is 8. The smallest absolute Gasteiger partial charge is 0.144 e. The van der Waals surface area contributed by atoms with Crippen molar-refractivity contribution in [3.63, 3.8) is 0 Å². The Morgan fingerprint density at radius 2 is 0.853 bits per heavy atom. The van der Waals surface area contributed by atoms with Crippen molar-refractivity contribution in [3.8, 4) is 89.7 Å². The van der Waals surface area contributed by atoms with Gasteiger partial charge in [0.25, 0.3) is 0 Å². The summed E-state index contributed by atoms with van der Waals surface area (Å²) >= 11 is 0. The van der Waals surface area contributed by atoms with Crippen LogP contribution in [0.4, 0.5) is 0 Å². The number of para-hydroxylation sites is 2. The summed E-state index contributed by atoms with van der Waals surface area (Å²) in [4.78, 5) is 22.4. The third kappa shape index (κ3) is 20.3. The molecule has 0 fully saturated rings. The van der Waals surface area contributed by atoms with E-state index in [0.29, 0.717) is 0 Å². The molecule has 0 atom stereocenters. The van der Waals surface area contributed by atoms with Crippen LogP contribution in [0.15, 0.2) is 319 Å². The van der Waals surface area contributed by atoms with Gasteiger partial charge < -0.3 is 23.8 Å². The molecule has 10 aromatic carbocycles. The molecule has 551 valence electrons. The largest absolute Gasteiger partial charge is 0.500 e. The third-order valence-electron chi connectivity index (χ3n) is 18.6. The molecule has 0 saturated heterocycles. The van der Waals surface area contributed by atoms with Crippen molar-refractivity contribution in [1.29, 1.82) is 0 Å². The summed E-state index contributed by atoms with van der Waals surface area (Å²) in [5.74, 6) is 0. The van der Waals surface area contributed by atoms with Crippen LogP contribution < -0.4 is 0 Å². The summed E-state index contributed by atoms with van der Waals surface area (Å²) in [6.07, 6.45) is 9.38. The van der Waals surface area contributed by atoms with Gasteiger partial charge in [-0.2, -0.15) is 0 Å². The van der Waals surface area contributed by atoms with Crippen LogP contribution in [-0.4, -0.2) is 24.9 Å². The molecule has 0 amide bonds. The number of aromatic nitrogens is 5. The van der Waals surface area contributed by atoms with Gasteiger partial charge in [0.05, 0.1) is 17.0 Å². The second-order valence-corrected chi connectivity index (χ2v) is 28.5. The van der Waals surface area contributed by atoms with Gasteiger partial charge in [-0.3, -0.25) is 9.97 Å². The molecule has 0 aliphatic carbocycles. The molecule has 0 N–H and O–H groups in total. The normalized spacial score (nSPS) is 10.8. The van der Waals surface area contributed by atoms with Gasteiger partial charge in [-0.15, -0.1) is 95.6 Å². The molecule has 0 spiro atoms. The van der Waals surface area contributed by atoms with Crippen LogP contribution >= 0.6 is 0 Å². The van der Waals surface area contributed by atoms with Gasteiger partial charge in [0.15, 0.2) is 0 Å². The fraction of sp³-hybridized carbons (Fsp3) is 0.141. The maximum Gasteiger partial charge on any atom is 0.144 e. The minimum Gasteiger partial charge on any atom is -0.500 e. The summed E-state index contributed by atoms with van der Waals surface area (Å²) in [5, 5.41) is 4.51. The number of hydrogen-bond donors (Lipinski definition) is 0.